The van der Waals surface area contributed by atoms with Crippen LogP contribution in [0.2, 0.25) is 0 Å². The number of amides is 1. The molecule has 2 aromatic carbocycles. The number of hydrogen-bond donors (Lipinski definition) is 1. The van der Waals surface area contributed by atoms with Crippen molar-refractivity contribution >= 4 is 38.5 Å². The second-order valence-electron chi connectivity index (χ2n) is 5.65. The lowest BCUT2D eigenvalue weighted by molar-refractivity contribution is -0.385. The molecule has 0 spiro atoms. The molecule has 7 nitrogen and oxygen atoms in total. The normalized spacial score (nSPS) is 12.0. The summed E-state index contributed by atoms with van der Waals surface area (Å²) in [5.41, 5.74) is 0.629. The van der Waals surface area contributed by atoms with Gasteiger partial charge in [-0.05, 0) is 47.1 Å². The molecular formula is C18H15BrN2O5. The predicted molar refractivity (Wildman–Crippen MR) is 99.4 cm³/mol. The number of hydrogen-bond acceptors (Lipinski definition) is 5. The maximum atomic E-state index is 12.4. The van der Waals surface area contributed by atoms with Crippen LogP contribution in [0.4, 0.5) is 5.69 Å². The summed E-state index contributed by atoms with van der Waals surface area (Å²) in [7, 11) is 1.56. The Kier molecular flexibility index (Phi) is 4.94. The van der Waals surface area contributed by atoms with Crippen LogP contribution < -0.4 is 10.1 Å². The number of fused-ring (bicyclic) bond motifs is 1. The standard InChI is InChI=1S/C18H15BrN2O5/c1-10(16-9-11-4-3-5-15(25-2)17(11)26-16)20-18(22)12-6-7-13(19)14(8-12)21(23)24/h3-10H,1-2H3,(H,20,22). The minimum atomic E-state index is -0.546. The molecular weight excluding hydrogens is 404 g/mol. The van der Waals surface area contributed by atoms with E-state index in [4.69, 9.17) is 9.15 Å². The van der Waals surface area contributed by atoms with E-state index in [1.54, 1.807) is 20.1 Å². The number of para-hydroxylation sites is 1. The Labute approximate surface area is 157 Å². The first-order valence-electron chi connectivity index (χ1n) is 7.72. The molecule has 1 aromatic heterocycles. The molecule has 0 saturated carbocycles. The number of nitrogens with zero attached hydrogens (tertiary/aromatic N) is 1. The first-order valence-corrected chi connectivity index (χ1v) is 8.51. The van der Waals surface area contributed by atoms with E-state index in [1.165, 1.54) is 18.2 Å². The number of nitro groups is 1. The van der Waals surface area contributed by atoms with Gasteiger partial charge in [-0.2, -0.15) is 0 Å². The van der Waals surface area contributed by atoms with E-state index in [9.17, 15) is 14.9 Å². The molecule has 0 aliphatic heterocycles. The van der Waals surface area contributed by atoms with Crippen LogP contribution in [-0.2, 0) is 0 Å². The number of methoxy groups -OCH3 is 1. The van der Waals surface area contributed by atoms with E-state index in [0.29, 0.717) is 21.6 Å². The molecule has 1 amide bonds. The minimum absolute atomic E-state index is 0.168. The molecule has 0 radical (unpaired) electrons. The third-order valence-electron chi connectivity index (χ3n) is 3.93. The number of furan rings is 1. The molecule has 1 N–H and O–H groups in total. The number of ether oxygens (including phenoxy) is 1. The molecule has 3 rings (SSSR count). The summed E-state index contributed by atoms with van der Waals surface area (Å²) in [4.78, 5) is 22.9. The average Bonchev–Trinajstić information content (AvgIpc) is 3.06. The van der Waals surface area contributed by atoms with E-state index >= 15 is 0 Å². The molecule has 0 fully saturated rings. The van der Waals surface area contributed by atoms with Gasteiger partial charge in [0.1, 0.15) is 5.76 Å². The zero-order valence-electron chi connectivity index (χ0n) is 14.0. The van der Waals surface area contributed by atoms with E-state index in [0.717, 1.165) is 5.39 Å². The van der Waals surface area contributed by atoms with Crippen molar-refractivity contribution in [3.63, 3.8) is 0 Å². The van der Waals surface area contributed by atoms with E-state index in [2.05, 4.69) is 21.2 Å². The van der Waals surface area contributed by atoms with Gasteiger partial charge in [0.15, 0.2) is 11.3 Å². The molecule has 3 aromatic rings. The predicted octanol–water partition coefficient (Wildman–Crippen LogP) is 4.60. The Balaban J connectivity index is 1.84. The number of nitro benzene ring substituents is 1. The van der Waals surface area contributed by atoms with E-state index < -0.39 is 16.9 Å². The molecule has 26 heavy (non-hydrogen) atoms. The Morgan fingerprint density at radius 1 is 1.31 bits per heavy atom. The zero-order valence-corrected chi connectivity index (χ0v) is 15.6. The number of nitrogens with one attached hydrogen (secondary N) is 1. The highest BCUT2D eigenvalue weighted by atomic mass is 79.9. The fraction of sp³-hybridized carbons (Fsp3) is 0.167. The fourth-order valence-electron chi connectivity index (χ4n) is 2.58. The van der Waals surface area contributed by atoms with Crippen molar-refractivity contribution in [1.82, 2.24) is 5.32 Å². The maximum Gasteiger partial charge on any atom is 0.284 e. The van der Waals surface area contributed by atoms with Crippen LogP contribution in [-0.4, -0.2) is 17.9 Å². The van der Waals surface area contributed by atoms with Crippen molar-refractivity contribution in [3.05, 3.63) is 68.4 Å². The van der Waals surface area contributed by atoms with Crippen LogP contribution in [0, 0.1) is 10.1 Å². The lowest BCUT2D eigenvalue weighted by Gasteiger charge is -2.11. The van der Waals surface area contributed by atoms with Crippen molar-refractivity contribution in [2.45, 2.75) is 13.0 Å². The van der Waals surface area contributed by atoms with Crippen molar-refractivity contribution in [2.75, 3.05) is 7.11 Å². The SMILES string of the molecule is COc1cccc2cc(C(C)NC(=O)c3ccc(Br)c([N+](=O)[O-])c3)oc12. The van der Waals surface area contributed by atoms with Crippen LogP contribution >= 0.6 is 15.9 Å². The monoisotopic (exact) mass is 418 g/mol. The van der Waals surface area contributed by atoms with Gasteiger partial charge >= 0.3 is 0 Å². The van der Waals surface area contributed by atoms with Crippen molar-refractivity contribution in [3.8, 4) is 5.75 Å². The highest BCUT2D eigenvalue weighted by Crippen LogP contribution is 2.31. The zero-order chi connectivity index (χ0) is 18.8. The van der Waals surface area contributed by atoms with Crippen LogP contribution in [0.1, 0.15) is 29.1 Å². The van der Waals surface area contributed by atoms with Crippen molar-refractivity contribution < 1.29 is 18.9 Å². The van der Waals surface area contributed by atoms with Gasteiger partial charge in [0.2, 0.25) is 0 Å². The van der Waals surface area contributed by atoms with Gasteiger partial charge in [-0.15, -0.1) is 0 Å². The van der Waals surface area contributed by atoms with E-state index in [1.807, 2.05) is 18.2 Å². The molecule has 1 heterocycles. The summed E-state index contributed by atoms with van der Waals surface area (Å²) in [5.74, 6) is 0.737. The Bertz CT molecular complexity index is 998. The number of carbonyl (C=O) groups excluding carboxylic acids is 1. The smallest absolute Gasteiger partial charge is 0.284 e. The summed E-state index contributed by atoms with van der Waals surface area (Å²) in [5, 5.41) is 14.7. The van der Waals surface area contributed by atoms with Gasteiger partial charge in [-0.3, -0.25) is 14.9 Å². The number of benzene rings is 2. The van der Waals surface area contributed by atoms with Gasteiger partial charge in [0.05, 0.1) is 22.5 Å². The average molecular weight is 419 g/mol. The molecule has 1 unspecified atom stereocenters. The molecule has 8 heteroatoms. The molecule has 0 aliphatic rings. The number of carbonyl (C=O) groups is 1. The van der Waals surface area contributed by atoms with Crippen LogP contribution in [0.5, 0.6) is 5.75 Å². The quantitative estimate of drug-likeness (QED) is 0.482. The van der Waals surface area contributed by atoms with Crippen molar-refractivity contribution in [2.24, 2.45) is 0 Å². The second-order valence-corrected chi connectivity index (χ2v) is 6.50. The minimum Gasteiger partial charge on any atom is -0.493 e. The first-order chi connectivity index (χ1) is 12.4. The number of halogens is 1. The Morgan fingerprint density at radius 2 is 2.08 bits per heavy atom. The van der Waals surface area contributed by atoms with Gasteiger partial charge < -0.3 is 14.5 Å². The first kappa shape index (κ1) is 17.9. The third kappa shape index (κ3) is 3.41. The molecule has 0 saturated heterocycles. The topological polar surface area (TPSA) is 94.6 Å². The largest absolute Gasteiger partial charge is 0.493 e. The molecule has 0 aliphatic carbocycles. The lowest BCUT2D eigenvalue weighted by atomic mass is 10.1. The van der Waals surface area contributed by atoms with Crippen LogP contribution in [0.15, 0.2) is 51.4 Å². The summed E-state index contributed by atoms with van der Waals surface area (Å²) in [6.07, 6.45) is 0. The van der Waals surface area contributed by atoms with Crippen LogP contribution in [0.25, 0.3) is 11.0 Å². The fourth-order valence-corrected chi connectivity index (χ4v) is 2.97. The summed E-state index contributed by atoms with van der Waals surface area (Å²) < 4.78 is 11.4. The highest BCUT2D eigenvalue weighted by Gasteiger charge is 2.20. The van der Waals surface area contributed by atoms with Gasteiger partial charge in [0.25, 0.3) is 11.6 Å². The molecule has 134 valence electrons. The lowest BCUT2D eigenvalue weighted by Crippen LogP contribution is -2.26. The molecule has 0 bridgehead atoms. The highest BCUT2D eigenvalue weighted by molar-refractivity contribution is 9.10. The second kappa shape index (κ2) is 7.17. The molecule has 1 atom stereocenters. The van der Waals surface area contributed by atoms with Gasteiger partial charge in [0, 0.05) is 17.0 Å². The van der Waals surface area contributed by atoms with E-state index in [-0.39, 0.29) is 11.3 Å². The Hall–Kier alpha value is -2.87. The third-order valence-corrected chi connectivity index (χ3v) is 4.60. The van der Waals surface area contributed by atoms with Crippen molar-refractivity contribution in [1.29, 1.82) is 0 Å². The van der Waals surface area contributed by atoms with Gasteiger partial charge in [-0.1, -0.05) is 12.1 Å². The van der Waals surface area contributed by atoms with Crippen LogP contribution in [0.3, 0.4) is 0 Å². The summed E-state index contributed by atoms with van der Waals surface area (Å²) in [6, 6.07) is 11.1. The summed E-state index contributed by atoms with van der Waals surface area (Å²) in [6.45, 7) is 1.77. The van der Waals surface area contributed by atoms with Gasteiger partial charge in [-0.25, -0.2) is 0 Å². The maximum absolute atomic E-state index is 12.4. The summed E-state index contributed by atoms with van der Waals surface area (Å²) >= 11 is 3.10. The number of rotatable bonds is 5. The Morgan fingerprint density at radius 3 is 2.77 bits per heavy atom.